The van der Waals surface area contributed by atoms with Crippen molar-refractivity contribution in [3.8, 4) is 0 Å². The number of anilines is 1. The van der Waals surface area contributed by atoms with Crippen molar-refractivity contribution in [2.24, 2.45) is 0 Å². The summed E-state index contributed by atoms with van der Waals surface area (Å²) in [5, 5.41) is 11.4. The lowest BCUT2D eigenvalue weighted by Gasteiger charge is -2.41. The first kappa shape index (κ1) is 25.6. The van der Waals surface area contributed by atoms with Gasteiger partial charge >= 0.3 is 11.7 Å². The van der Waals surface area contributed by atoms with Gasteiger partial charge in [-0.25, -0.2) is 9.59 Å². The predicted molar refractivity (Wildman–Crippen MR) is 129 cm³/mol. The molecule has 1 N–H and O–H groups in total. The Morgan fingerprint density at radius 3 is 2.35 bits per heavy atom. The number of nitrogens with zero attached hydrogens (tertiary/aromatic N) is 5. The maximum Gasteiger partial charge on any atom is 0.363 e. The summed E-state index contributed by atoms with van der Waals surface area (Å²) in [4.78, 5) is 39.9. The molecule has 1 aliphatic rings. The average Bonchev–Trinajstić information content (AvgIpc) is 3.22. The summed E-state index contributed by atoms with van der Waals surface area (Å²) in [5.41, 5.74) is 0.140. The van der Waals surface area contributed by atoms with Crippen LogP contribution in [0.3, 0.4) is 0 Å². The van der Waals surface area contributed by atoms with E-state index in [0.29, 0.717) is 63.2 Å². The van der Waals surface area contributed by atoms with Crippen LogP contribution in [0.25, 0.3) is 0 Å². The van der Waals surface area contributed by atoms with E-state index in [2.05, 4.69) is 27.6 Å². The van der Waals surface area contributed by atoms with Crippen LogP contribution in [-0.4, -0.2) is 68.7 Å². The van der Waals surface area contributed by atoms with Crippen LogP contribution in [0, 0.1) is 0 Å². The van der Waals surface area contributed by atoms with Crippen molar-refractivity contribution in [2.75, 3.05) is 32.1 Å². The zero-order valence-electron chi connectivity index (χ0n) is 20.5. The SMILES string of the molecule is CCCCCn1nnn(CCN2CCC(Nc3ccccc3C(=O)CC)(C(=O)OC)CC2)c1=O. The number of methoxy groups -OCH3 is 1. The second kappa shape index (κ2) is 11.9. The molecule has 2 heterocycles. The Morgan fingerprint density at radius 1 is 1.03 bits per heavy atom. The zero-order valence-corrected chi connectivity index (χ0v) is 20.5. The van der Waals surface area contributed by atoms with E-state index >= 15 is 0 Å². The second-order valence-electron chi connectivity index (χ2n) is 8.78. The van der Waals surface area contributed by atoms with Gasteiger partial charge in [-0.15, -0.1) is 0 Å². The molecule has 0 bridgehead atoms. The van der Waals surface area contributed by atoms with Crippen molar-refractivity contribution in [3.05, 3.63) is 40.3 Å². The molecule has 0 saturated carbocycles. The number of unbranched alkanes of at least 4 members (excludes halogenated alkanes) is 2. The molecule has 0 atom stereocenters. The van der Waals surface area contributed by atoms with E-state index < -0.39 is 5.54 Å². The van der Waals surface area contributed by atoms with Crippen molar-refractivity contribution < 1.29 is 14.3 Å². The molecule has 0 aliphatic carbocycles. The maximum absolute atomic E-state index is 12.8. The first-order valence-electron chi connectivity index (χ1n) is 12.2. The molecule has 186 valence electrons. The van der Waals surface area contributed by atoms with Crippen LogP contribution in [0.15, 0.2) is 29.1 Å². The number of para-hydroxylation sites is 1. The lowest BCUT2D eigenvalue weighted by atomic mass is 9.86. The Hall–Kier alpha value is -3.01. The maximum atomic E-state index is 12.8. The average molecular weight is 473 g/mol. The Labute approximate surface area is 200 Å². The Morgan fingerprint density at radius 2 is 1.71 bits per heavy atom. The van der Waals surface area contributed by atoms with Gasteiger partial charge in [0.15, 0.2) is 5.78 Å². The monoisotopic (exact) mass is 472 g/mol. The van der Waals surface area contributed by atoms with Gasteiger partial charge in [0, 0.05) is 43.9 Å². The summed E-state index contributed by atoms with van der Waals surface area (Å²) in [6.45, 7) is 6.90. The molecule has 2 aromatic rings. The van der Waals surface area contributed by atoms with Gasteiger partial charge in [-0.2, -0.15) is 9.36 Å². The fourth-order valence-corrected chi connectivity index (χ4v) is 4.35. The molecule has 1 aromatic heterocycles. The van der Waals surface area contributed by atoms with E-state index in [4.69, 9.17) is 4.74 Å². The number of ketones is 1. The molecule has 1 saturated heterocycles. The number of hydrogen-bond acceptors (Lipinski definition) is 8. The first-order chi connectivity index (χ1) is 16.4. The summed E-state index contributed by atoms with van der Waals surface area (Å²) < 4.78 is 7.97. The summed E-state index contributed by atoms with van der Waals surface area (Å²) >= 11 is 0. The third-order valence-electron chi connectivity index (χ3n) is 6.51. The van der Waals surface area contributed by atoms with Gasteiger partial charge in [-0.05, 0) is 41.8 Å². The number of aromatic nitrogens is 4. The second-order valence-corrected chi connectivity index (χ2v) is 8.78. The molecule has 0 radical (unpaired) electrons. The number of Topliss-reactive ketones (excluding diaryl/α,β-unsaturated/α-hetero) is 1. The molecule has 0 unspecified atom stereocenters. The highest BCUT2D eigenvalue weighted by molar-refractivity contribution is 6.01. The van der Waals surface area contributed by atoms with Crippen molar-refractivity contribution in [1.82, 2.24) is 24.7 Å². The fraction of sp³-hybridized carbons (Fsp3) is 0.625. The Kier molecular flexibility index (Phi) is 8.98. The van der Waals surface area contributed by atoms with E-state index in [9.17, 15) is 14.4 Å². The van der Waals surface area contributed by atoms with Gasteiger partial charge in [0.1, 0.15) is 5.54 Å². The number of carbonyl (C=O) groups is 2. The van der Waals surface area contributed by atoms with Crippen LogP contribution in [0.1, 0.15) is 62.7 Å². The predicted octanol–water partition coefficient (Wildman–Crippen LogP) is 2.34. The molecule has 10 nitrogen and oxygen atoms in total. The van der Waals surface area contributed by atoms with Crippen molar-refractivity contribution >= 4 is 17.4 Å². The van der Waals surface area contributed by atoms with Crippen LogP contribution in [0.2, 0.25) is 0 Å². The molecular weight excluding hydrogens is 436 g/mol. The summed E-state index contributed by atoms with van der Waals surface area (Å²) in [5.74, 6) is -0.314. The number of rotatable bonds is 12. The van der Waals surface area contributed by atoms with E-state index in [-0.39, 0.29) is 17.4 Å². The quantitative estimate of drug-likeness (QED) is 0.285. The normalized spacial score (nSPS) is 15.7. The first-order valence-corrected chi connectivity index (χ1v) is 12.2. The standard InChI is InChI=1S/C24H36N6O4/c1-4-6-9-14-29-23(33)30(27-26-29)18-17-28-15-12-24(13-16-28,22(32)34-3)25-20-11-8-7-10-19(20)21(31)5-2/h7-8,10-11,25H,4-6,9,12-18H2,1-3H3. The molecule has 1 fully saturated rings. The Bertz CT molecular complexity index is 1020. The number of benzene rings is 1. The topological polar surface area (TPSA) is 111 Å². The molecule has 10 heteroatoms. The van der Waals surface area contributed by atoms with Gasteiger partial charge < -0.3 is 15.0 Å². The van der Waals surface area contributed by atoms with Crippen LogP contribution in [-0.2, 0) is 22.6 Å². The number of aryl methyl sites for hydroxylation is 1. The molecule has 0 amide bonds. The molecule has 3 rings (SSSR count). The van der Waals surface area contributed by atoms with E-state index in [1.54, 1.807) is 6.07 Å². The van der Waals surface area contributed by atoms with Crippen LogP contribution in [0.4, 0.5) is 5.69 Å². The lowest BCUT2D eigenvalue weighted by Crippen LogP contribution is -2.55. The van der Waals surface area contributed by atoms with E-state index in [1.807, 2.05) is 25.1 Å². The van der Waals surface area contributed by atoms with Crippen LogP contribution < -0.4 is 11.0 Å². The highest BCUT2D eigenvalue weighted by atomic mass is 16.5. The van der Waals surface area contributed by atoms with Gasteiger partial charge in [0.2, 0.25) is 0 Å². The van der Waals surface area contributed by atoms with Gasteiger partial charge in [0.05, 0.1) is 13.7 Å². The lowest BCUT2D eigenvalue weighted by molar-refractivity contribution is -0.147. The van der Waals surface area contributed by atoms with Crippen LogP contribution >= 0.6 is 0 Å². The minimum atomic E-state index is -0.908. The number of hydrogen-bond donors (Lipinski definition) is 1. The highest BCUT2D eigenvalue weighted by Crippen LogP contribution is 2.30. The Balaban J connectivity index is 1.63. The van der Waals surface area contributed by atoms with Crippen molar-refractivity contribution in [3.63, 3.8) is 0 Å². The van der Waals surface area contributed by atoms with Gasteiger partial charge in [-0.3, -0.25) is 4.79 Å². The third-order valence-corrected chi connectivity index (χ3v) is 6.51. The smallest absolute Gasteiger partial charge is 0.363 e. The largest absolute Gasteiger partial charge is 0.467 e. The number of carbonyl (C=O) groups excluding carboxylic acids is 2. The molecular formula is C24H36N6O4. The third kappa shape index (κ3) is 5.91. The molecule has 1 aromatic carbocycles. The minimum Gasteiger partial charge on any atom is -0.467 e. The number of ether oxygens (including phenoxy) is 1. The minimum absolute atomic E-state index is 0.0220. The summed E-state index contributed by atoms with van der Waals surface area (Å²) in [7, 11) is 1.39. The van der Waals surface area contributed by atoms with Crippen molar-refractivity contribution in [1.29, 1.82) is 0 Å². The number of tetrazole rings is 1. The van der Waals surface area contributed by atoms with Crippen molar-refractivity contribution in [2.45, 2.75) is 71.0 Å². The summed E-state index contributed by atoms with van der Waals surface area (Å²) in [6.07, 6.45) is 4.48. The highest BCUT2D eigenvalue weighted by Gasteiger charge is 2.43. The number of nitrogens with one attached hydrogen (secondary N) is 1. The number of likely N-dealkylation sites (tertiary alicyclic amines) is 1. The van der Waals surface area contributed by atoms with Crippen LogP contribution in [0.5, 0.6) is 0 Å². The zero-order chi connectivity index (χ0) is 24.6. The van der Waals surface area contributed by atoms with E-state index in [0.717, 1.165) is 19.3 Å². The molecule has 1 aliphatic heterocycles. The number of piperidine rings is 1. The molecule has 0 spiro atoms. The van der Waals surface area contributed by atoms with Gasteiger partial charge in [-0.1, -0.05) is 38.8 Å². The van der Waals surface area contributed by atoms with Gasteiger partial charge in [0.25, 0.3) is 0 Å². The van der Waals surface area contributed by atoms with E-state index in [1.165, 1.54) is 16.5 Å². The fourth-order valence-electron chi connectivity index (χ4n) is 4.35. The molecule has 34 heavy (non-hydrogen) atoms. The number of esters is 1. The summed E-state index contributed by atoms with van der Waals surface area (Å²) in [6, 6.07) is 7.28.